The second kappa shape index (κ2) is 9.56. The SMILES string of the molecule is O=C(NCc1ccc(F)cc1)c1cnc(N2CC3CC3C2)nc1OCc1ccc(CO)c(Cl)c1. The molecule has 2 atom stereocenters. The van der Waals surface area contributed by atoms with E-state index in [1.54, 1.807) is 24.3 Å². The fraction of sp³-hybridized carbons (Fsp3) is 0.320. The molecule has 1 amide bonds. The number of rotatable bonds is 8. The first kappa shape index (κ1) is 22.6. The minimum absolute atomic E-state index is 0.144. The Balaban J connectivity index is 1.34. The van der Waals surface area contributed by atoms with Crippen LogP contribution in [0.5, 0.6) is 5.88 Å². The van der Waals surface area contributed by atoms with E-state index in [1.807, 2.05) is 6.07 Å². The lowest BCUT2D eigenvalue weighted by atomic mass is 10.1. The zero-order valence-corrected chi connectivity index (χ0v) is 19.1. The summed E-state index contributed by atoms with van der Waals surface area (Å²) in [5.41, 5.74) is 2.39. The standard InChI is InChI=1S/C25H24ClFN4O3/c26-22-7-16(1-4-17(22)13-32)14-34-24-21(23(33)28-9-15-2-5-20(27)6-3-15)10-29-25(30-24)31-11-18-8-19(18)12-31/h1-7,10,18-19,32H,8-9,11-14H2,(H,28,33). The van der Waals surface area contributed by atoms with Gasteiger partial charge in [0.1, 0.15) is 18.0 Å². The number of nitrogens with one attached hydrogen (secondary N) is 1. The summed E-state index contributed by atoms with van der Waals surface area (Å²) >= 11 is 6.20. The maximum absolute atomic E-state index is 13.1. The van der Waals surface area contributed by atoms with Gasteiger partial charge in [-0.2, -0.15) is 4.98 Å². The molecule has 176 valence electrons. The maximum atomic E-state index is 13.1. The first-order valence-electron chi connectivity index (χ1n) is 11.2. The average Bonchev–Trinajstić information content (AvgIpc) is 3.46. The Hall–Kier alpha value is -3.23. The number of amides is 1. The van der Waals surface area contributed by atoms with Crippen molar-refractivity contribution in [1.29, 1.82) is 0 Å². The van der Waals surface area contributed by atoms with Gasteiger partial charge in [0.05, 0.1) is 6.61 Å². The van der Waals surface area contributed by atoms with Gasteiger partial charge < -0.3 is 20.1 Å². The van der Waals surface area contributed by atoms with Gasteiger partial charge in [-0.3, -0.25) is 4.79 Å². The molecule has 2 heterocycles. The van der Waals surface area contributed by atoms with Crippen LogP contribution in [0.25, 0.3) is 0 Å². The third-order valence-electron chi connectivity index (χ3n) is 6.28. The number of aliphatic hydroxyl groups excluding tert-OH is 1. The Kier molecular flexibility index (Phi) is 6.34. The van der Waals surface area contributed by atoms with Crippen LogP contribution in [-0.2, 0) is 19.8 Å². The molecule has 34 heavy (non-hydrogen) atoms. The Morgan fingerprint density at radius 1 is 1.18 bits per heavy atom. The lowest BCUT2D eigenvalue weighted by Gasteiger charge is -2.19. The zero-order valence-electron chi connectivity index (χ0n) is 18.4. The Labute approximate surface area is 201 Å². The van der Waals surface area contributed by atoms with Crippen LogP contribution in [0.1, 0.15) is 33.5 Å². The molecule has 1 saturated heterocycles. The minimum Gasteiger partial charge on any atom is -0.472 e. The fourth-order valence-corrected chi connectivity index (χ4v) is 4.44. The number of aromatic nitrogens is 2. The lowest BCUT2D eigenvalue weighted by molar-refractivity contribution is 0.0945. The summed E-state index contributed by atoms with van der Waals surface area (Å²) in [6.07, 6.45) is 2.75. The summed E-state index contributed by atoms with van der Waals surface area (Å²) in [6, 6.07) is 11.2. The number of ether oxygens (including phenoxy) is 1. The van der Waals surface area contributed by atoms with Crippen molar-refractivity contribution in [2.24, 2.45) is 11.8 Å². The molecule has 7 nitrogen and oxygen atoms in total. The van der Waals surface area contributed by atoms with E-state index in [4.69, 9.17) is 16.3 Å². The van der Waals surface area contributed by atoms with Crippen molar-refractivity contribution in [3.63, 3.8) is 0 Å². The number of benzene rings is 2. The number of hydrogen-bond acceptors (Lipinski definition) is 6. The van der Waals surface area contributed by atoms with E-state index in [0.717, 1.165) is 24.2 Å². The normalized spacial score (nSPS) is 18.5. The molecule has 1 aromatic heterocycles. The van der Waals surface area contributed by atoms with E-state index in [0.29, 0.717) is 28.4 Å². The molecule has 0 bridgehead atoms. The van der Waals surface area contributed by atoms with E-state index in [-0.39, 0.29) is 42.9 Å². The largest absolute Gasteiger partial charge is 0.472 e. The van der Waals surface area contributed by atoms with Gasteiger partial charge in [0, 0.05) is 30.9 Å². The summed E-state index contributed by atoms with van der Waals surface area (Å²) < 4.78 is 19.1. The molecular weight excluding hydrogens is 459 g/mol. The van der Waals surface area contributed by atoms with Crippen LogP contribution in [0.4, 0.5) is 10.3 Å². The molecular formula is C25H24ClFN4O3. The Morgan fingerprint density at radius 2 is 1.91 bits per heavy atom. The molecule has 5 rings (SSSR count). The van der Waals surface area contributed by atoms with Gasteiger partial charge in [-0.15, -0.1) is 0 Å². The minimum atomic E-state index is -0.385. The number of fused-ring (bicyclic) bond motifs is 1. The smallest absolute Gasteiger partial charge is 0.258 e. The number of piperidine rings is 1. The molecule has 2 aliphatic rings. The predicted octanol–water partition coefficient (Wildman–Crippen LogP) is 3.73. The Bertz CT molecular complexity index is 1200. The second-order valence-electron chi connectivity index (χ2n) is 8.73. The molecule has 2 aromatic carbocycles. The quantitative estimate of drug-likeness (QED) is 0.508. The van der Waals surface area contributed by atoms with Gasteiger partial charge in [0.15, 0.2) is 0 Å². The summed E-state index contributed by atoms with van der Waals surface area (Å²) in [5, 5.41) is 12.6. The highest BCUT2D eigenvalue weighted by atomic mass is 35.5. The van der Waals surface area contributed by atoms with Crippen molar-refractivity contribution >= 4 is 23.5 Å². The van der Waals surface area contributed by atoms with Crippen molar-refractivity contribution in [1.82, 2.24) is 15.3 Å². The monoisotopic (exact) mass is 482 g/mol. The van der Waals surface area contributed by atoms with E-state index >= 15 is 0 Å². The average molecular weight is 483 g/mol. The molecule has 9 heteroatoms. The maximum Gasteiger partial charge on any atom is 0.258 e. The molecule has 2 fully saturated rings. The van der Waals surface area contributed by atoms with Gasteiger partial charge in [-0.1, -0.05) is 35.9 Å². The van der Waals surface area contributed by atoms with Crippen molar-refractivity contribution in [2.75, 3.05) is 18.0 Å². The van der Waals surface area contributed by atoms with Gasteiger partial charge in [-0.25, -0.2) is 9.37 Å². The number of carbonyl (C=O) groups is 1. The Morgan fingerprint density at radius 3 is 2.62 bits per heavy atom. The molecule has 0 radical (unpaired) electrons. The van der Waals surface area contributed by atoms with Crippen LogP contribution in [0.2, 0.25) is 5.02 Å². The van der Waals surface area contributed by atoms with E-state index in [9.17, 15) is 14.3 Å². The second-order valence-corrected chi connectivity index (χ2v) is 9.14. The van der Waals surface area contributed by atoms with Crippen LogP contribution in [-0.4, -0.2) is 34.1 Å². The van der Waals surface area contributed by atoms with Crippen LogP contribution >= 0.6 is 11.6 Å². The molecule has 1 saturated carbocycles. The first-order valence-corrected chi connectivity index (χ1v) is 11.5. The highest BCUT2D eigenvalue weighted by Gasteiger charge is 2.46. The number of aliphatic hydroxyl groups is 1. The van der Waals surface area contributed by atoms with E-state index in [2.05, 4.69) is 20.2 Å². The molecule has 3 aromatic rings. The van der Waals surface area contributed by atoms with Crippen molar-refractivity contribution in [2.45, 2.75) is 26.2 Å². The van der Waals surface area contributed by atoms with Crippen LogP contribution in [0.15, 0.2) is 48.7 Å². The van der Waals surface area contributed by atoms with E-state index < -0.39 is 0 Å². The summed E-state index contributed by atoms with van der Waals surface area (Å²) in [5.74, 6) is 1.43. The first-order chi connectivity index (χ1) is 16.5. The molecule has 2 N–H and O–H groups in total. The molecule has 0 spiro atoms. The fourth-order valence-electron chi connectivity index (χ4n) is 4.18. The van der Waals surface area contributed by atoms with Crippen LogP contribution < -0.4 is 15.0 Å². The van der Waals surface area contributed by atoms with Gasteiger partial charge >= 0.3 is 0 Å². The number of hydrogen-bond donors (Lipinski definition) is 2. The molecule has 2 unspecified atom stereocenters. The zero-order chi connectivity index (χ0) is 23.7. The number of nitrogens with zero attached hydrogens (tertiary/aromatic N) is 3. The predicted molar refractivity (Wildman–Crippen MR) is 125 cm³/mol. The van der Waals surface area contributed by atoms with Gasteiger partial charge in [0.25, 0.3) is 5.91 Å². The third-order valence-corrected chi connectivity index (χ3v) is 6.63. The highest BCUT2D eigenvalue weighted by Crippen LogP contribution is 2.45. The summed E-state index contributed by atoms with van der Waals surface area (Å²) in [7, 11) is 0. The van der Waals surface area contributed by atoms with Gasteiger partial charge in [-0.05, 0) is 53.1 Å². The lowest BCUT2D eigenvalue weighted by Crippen LogP contribution is -2.27. The topological polar surface area (TPSA) is 87.6 Å². The van der Waals surface area contributed by atoms with Crippen molar-refractivity contribution in [3.8, 4) is 5.88 Å². The van der Waals surface area contributed by atoms with Gasteiger partial charge in [0.2, 0.25) is 11.8 Å². The number of halogens is 2. The van der Waals surface area contributed by atoms with E-state index in [1.165, 1.54) is 24.8 Å². The van der Waals surface area contributed by atoms with Crippen LogP contribution in [0, 0.1) is 17.7 Å². The van der Waals surface area contributed by atoms with Crippen molar-refractivity contribution < 1.29 is 19.0 Å². The third kappa shape index (κ3) is 4.98. The number of carbonyl (C=O) groups excluding carboxylic acids is 1. The highest BCUT2D eigenvalue weighted by molar-refractivity contribution is 6.31. The van der Waals surface area contributed by atoms with Crippen LogP contribution in [0.3, 0.4) is 0 Å². The summed E-state index contributed by atoms with van der Waals surface area (Å²) in [6.45, 7) is 2.06. The molecule has 1 aliphatic heterocycles. The van der Waals surface area contributed by atoms with Crippen molar-refractivity contribution in [3.05, 3.63) is 81.8 Å². The summed E-state index contributed by atoms with van der Waals surface area (Å²) in [4.78, 5) is 24.1. The number of anilines is 1. The molecule has 1 aliphatic carbocycles.